The Morgan fingerprint density at radius 2 is 2.45 bits per heavy atom. The molecule has 1 saturated heterocycles. The second kappa shape index (κ2) is 2.18. The molecule has 2 aliphatic rings. The molecule has 0 aromatic rings. The lowest BCUT2D eigenvalue weighted by atomic mass is 9.85. The smallest absolute Gasteiger partial charge is 0.155 e. The molecule has 0 aromatic heterocycles. The first-order chi connectivity index (χ1) is 5.21. The van der Waals surface area contributed by atoms with E-state index in [1.165, 1.54) is 0 Å². The standard InChI is InChI=1S/C9H12O2/c1-9(6-11-9)7-2-4-8(10)5-3-7/h2,4,7H,3,5-6H2,1H3/t7-,9?/m0/s1. The van der Waals surface area contributed by atoms with E-state index in [0.717, 1.165) is 13.0 Å². The van der Waals surface area contributed by atoms with Crippen LogP contribution in [-0.4, -0.2) is 18.0 Å². The molecule has 0 aromatic carbocycles. The fourth-order valence-corrected chi connectivity index (χ4v) is 1.54. The molecule has 11 heavy (non-hydrogen) atoms. The number of ether oxygens (including phenoxy) is 1. The van der Waals surface area contributed by atoms with Crippen LogP contribution in [-0.2, 0) is 9.53 Å². The Morgan fingerprint density at radius 1 is 1.73 bits per heavy atom. The number of hydrogen-bond acceptors (Lipinski definition) is 2. The molecule has 0 radical (unpaired) electrons. The topological polar surface area (TPSA) is 29.6 Å². The first-order valence-electron chi connectivity index (χ1n) is 4.06. The lowest BCUT2D eigenvalue weighted by Gasteiger charge is -2.18. The van der Waals surface area contributed by atoms with Crippen molar-refractivity contribution in [3.63, 3.8) is 0 Å². The normalized spacial score (nSPS) is 42.6. The van der Waals surface area contributed by atoms with Gasteiger partial charge in [0.1, 0.15) is 0 Å². The molecule has 1 heterocycles. The highest BCUT2D eigenvalue weighted by Gasteiger charge is 2.46. The molecule has 1 aliphatic heterocycles. The minimum atomic E-state index is 0.0667. The van der Waals surface area contributed by atoms with Gasteiger partial charge in [0, 0.05) is 12.3 Å². The summed E-state index contributed by atoms with van der Waals surface area (Å²) in [6.45, 7) is 2.97. The van der Waals surface area contributed by atoms with Crippen molar-refractivity contribution in [2.75, 3.05) is 6.61 Å². The fraction of sp³-hybridized carbons (Fsp3) is 0.667. The number of hydrogen-bond donors (Lipinski definition) is 0. The van der Waals surface area contributed by atoms with Gasteiger partial charge in [-0.25, -0.2) is 0 Å². The van der Waals surface area contributed by atoms with Gasteiger partial charge in [0.15, 0.2) is 5.78 Å². The van der Waals surface area contributed by atoms with Crippen LogP contribution < -0.4 is 0 Å². The van der Waals surface area contributed by atoms with Gasteiger partial charge in [-0.1, -0.05) is 6.08 Å². The monoisotopic (exact) mass is 152 g/mol. The van der Waals surface area contributed by atoms with Crippen molar-refractivity contribution in [3.8, 4) is 0 Å². The predicted molar refractivity (Wildman–Crippen MR) is 41.2 cm³/mol. The number of allylic oxidation sites excluding steroid dienone is 1. The minimum absolute atomic E-state index is 0.0667. The van der Waals surface area contributed by atoms with Gasteiger partial charge in [0.2, 0.25) is 0 Å². The van der Waals surface area contributed by atoms with Crippen LogP contribution in [0, 0.1) is 5.92 Å². The first kappa shape index (κ1) is 7.04. The molecule has 0 N–H and O–H groups in total. The number of rotatable bonds is 1. The van der Waals surface area contributed by atoms with Crippen molar-refractivity contribution in [2.24, 2.45) is 5.92 Å². The van der Waals surface area contributed by atoms with Gasteiger partial charge >= 0.3 is 0 Å². The van der Waals surface area contributed by atoms with Crippen LogP contribution >= 0.6 is 0 Å². The van der Waals surface area contributed by atoms with E-state index in [1.54, 1.807) is 6.08 Å². The molecule has 1 fully saturated rings. The summed E-state index contributed by atoms with van der Waals surface area (Å²) in [6, 6.07) is 0. The summed E-state index contributed by atoms with van der Waals surface area (Å²) < 4.78 is 5.31. The van der Waals surface area contributed by atoms with Gasteiger partial charge in [-0.05, 0) is 19.4 Å². The Kier molecular flexibility index (Phi) is 1.39. The van der Waals surface area contributed by atoms with E-state index in [4.69, 9.17) is 4.74 Å². The molecule has 60 valence electrons. The first-order valence-corrected chi connectivity index (χ1v) is 4.06. The molecule has 0 amide bonds. The molecule has 0 spiro atoms. The quantitative estimate of drug-likeness (QED) is 0.530. The number of carbonyl (C=O) groups excluding carboxylic acids is 1. The molecule has 2 atom stereocenters. The molecule has 0 bridgehead atoms. The van der Waals surface area contributed by atoms with Crippen LogP contribution in [0.5, 0.6) is 0 Å². The number of carbonyl (C=O) groups is 1. The van der Waals surface area contributed by atoms with Crippen LogP contribution in [0.3, 0.4) is 0 Å². The van der Waals surface area contributed by atoms with Crippen molar-refractivity contribution < 1.29 is 9.53 Å². The molecule has 2 rings (SSSR count). The molecule has 2 heteroatoms. The van der Waals surface area contributed by atoms with E-state index in [9.17, 15) is 4.79 Å². The third kappa shape index (κ3) is 1.23. The summed E-state index contributed by atoms with van der Waals surface area (Å²) in [7, 11) is 0. The third-order valence-corrected chi connectivity index (χ3v) is 2.60. The maximum atomic E-state index is 10.8. The number of epoxide rings is 1. The van der Waals surface area contributed by atoms with Crippen LogP contribution in [0.1, 0.15) is 19.8 Å². The summed E-state index contributed by atoms with van der Waals surface area (Å²) in [5.74, 6) is 0.728. The Morgan fingerprint density at radius 3 is 2.91 bits per heavy atom. The Balaban J connectivity index is 2.07. The van der Waals surface area contributed by atoms with Crippen LogP contribution in [0.25, 0.3) is 0 Å². The van der Waals surface area contributed by atoms with Gasteiger partial charge < -0.3 is 4.74 Å². The third-order valence-electron chi connectivity index (χ3n) is 2.60. The van der Waals surface area contributed by atoms with Crippen LogP contribution in [0.4, 0.5) is 0 Å². The van der Waals surface area contributed by atoms with Gasteiger partial charge in [-0.15, -0.1) is 0 Å². The largest absolute Gasteiger partial charge is 0.369 e. The van der Waals surface area contributed by atoms with Crippen molar-refractivity contribution in [3.05, 3.63) is 12.2 Å². The summed E-state index contributed by atoms with van der Waals surface area (Å²) >= 11 is 0. The summed E-state index contributed by atoms with van der Waals surface area (Å²) in [5, 5.41) is 0. The van der Waals surface area contributed by atoms with E-state index in [-0.39, 0.29) is 11.4 Å². The molecule has 1 aliphatic carbocycles. The Labute approximate surface area is 66.2 Å². The lowest BCUT2D eigenvalue weighted by Crippen LogP contribution is -2.22. The molecular formula is C9H12O2. The number of ketones is 1. The molecule has 1 unspecified atom stereocenters. The summed E-state index contributed by atoms with van der Waals surface area (Å²) in [4.78, 5) is 10.8. The van der Waals surface area contributed by atoms with E-state index >= 15 is 0 Å². The summed E-state index contributed by atoms with van der Waals surface area (Å²) in [6.07, 6.45) is 5.35. The fourth-order valence-electron chi connectivity index (χ4n) is 1.54. The van der Waals surface area contributed by atoms with Gasteiger partial charge in [-0.3, -0.25) is 4.79 Å². The maximum absolute atomic E-state index is 10.8. The van der Waals surface area contributed by atoms with Crippen molar-refractivity contribution in [2.45, 2.75) is 25.4 Å². The second-order valence-electron chi connectivity index (χ2n) is 3.57. The minimum Gasteiger partial charge on any atom is -0.369 e. The van der Waals surface area contributed by atoms with Crippen molar-refractivity contribution in [1.29, 1.82) is 0 Å². The average Bonchev–Trinajstić information content (AvgIpc) is 2.70. The van der Waals surface area contributed by atoms with Crippen LogP contribution in [0.15, 0.2) is 12.2 Å². The maximum Gasteiger partial charge on any atom is 0.155 e. The zero-order valence-electron chi connectivity index (χ0n) is 6.67. The van der Waals surface area contributed by atoms with Crippen LogP contribution in [0.2, 0.25) is 0 Å². The van der Waals surface area contributed by atoms with Gasteiger partial charge in [0.05, 0.1) is 12.2 Å². The van der Waals surface area contributed by atoms with Gasteiger partial charge in [0.25, 0.3) is 0 Å². The van der Waals surface area contributed by atoms with E-state index in [2.05, 4.69) is 6.92 Å². The highest BCUT2D eigenvalue weighted by atomic mass is 16.6. The Bertz CT molecular complexity index is 214. The molecular weight excluding hydrogens is 140 g/mol. The van der Waals surface area contributed by atoms with Crippen molar-refractivity contribution in [1.82, 2.24) is 0 Å². The second-order valence-corrected chi connectivity index (χ2v) is 3.57. The molecule has 0 saturated carbocycles. The van der Waals surface area contributed by atoms with E-state index < -0.39 is 0 Å². The van der Waals surface area contributed by atoms with E-state index in [1.807, 2.05) is 6.08 Å². The zero-order valence-corrected chi connectivity index (χ0v) is 6.67. The van der Waals surface area contributed by atoms with Gasteiger partial charge in [-0.2, -0.15) is 0 Å². The predicted octanol–water partition coefficient (Wildman–Crippen LogP) is 1.31. The zero-order chi connectivity index (χ0) is 7.90. The highest BCUT2D eigenvalue weighted by Crippen LogP contribution is 2.39. The summed E-state index contributed by atoms with van der Waals surface area (Å²) in [5.41, 5.74) is 0.0667. The van der Waals surface area contributed by atoms with E-state index in [0.29, 0.717) is 12.3 Å². The highest BCUT2D eigenvalue weighted by molar-refractivity contribution is 5.90. The average molecular weight is 152 g/mol. The lowest BCUT2D eigenvalue weighted by molar-refractivity contribution is -0.115. The van der Waals surface area contributed by atoms with Crippen molar-refractivity contribution >= 4 is 5.78 Å². The Hall–Kier alpha value is -0.630. The molecule has 2 nitrogen and oxygen atoms in total. The SMILES string of the molecule is CC1([C@H]2C=CC(=O)CC2)CO1.